The van der Waals surface area contributed by atoms with Gasteiger partial charge < -0.3 is 10.6 Å². The zero-order valence-electron chi connectivity index (χ0n) is 12.0. The summed E-state index contributed by atoms with van der Waals surface area (Å²) in [6.07, 6.45) is 3.34. The SMILES string of the molecule is C[C@@H](NC(=O)c1cccc(Cl)c1)C(=O)NCc1cccnc1. The lowest BCUT2D eigenvalue weighted by Crippen LogP contribution is -2.44. The van der Waals surface area contributed by atoms with Crippen LogP contribution in [0.2, 0.25) is 5.02 Å². The Hall–Kier alpha value is -2.40. The van der Waals surface area contributed by atoms with Gasteiger partial charge in [-0.25, -0.2) is 0 Å². The monoisotopic (exact) mass is 317 g/mol. The summed E-state index contributed by atoms with van der Waals surface area (Å²) in [6.45, 7) is 1.99. The largest absolute Gasteiger partial charge is 0.350 e. The molecule has 0 saturated carbocycles. The van der Waals surface area contributed by atoms with Crippen molar-refractivity contribution in [3.05, 3.63) is 64.9 Å². The van der Waals surface area contributed by atoms with Gasteiger partial charge in [-0.15, -0.1) is 0 Å². The molecule has 2 aromatic rings. The third-order valence-electron chi connectivity index (χ3n) is 3.02. The maximum absolute atomic E-state index is 12.0. The second kappa shape index (κ2) is 7.56. The van der Waals surface area contributed by atoms with Crippen molar-refractivity contribution < 1.29 is 9.59 Å². The lowest BCUT2D eigenvalue weighted by molar-refractivity contribution is -0.122. The number of nitrogens with one attached hydrogen (secondary N) is 2. The molecule has 114 valence electrons. The van der Waals surface area contributed by atoms with E-state index in [9.17, 15) is 9.59 Å². The molecule has 0 spiro atoms. The lowest BCUT2D eigenvalue weighted by atomic mass is 10.2. The first-order valence-corrected chi connectivity index (χ1v) is 7.17. The van der Waals surface area contributed by atoms with E-state index in [4.69, 9.17) is 11.6 Å². The molecule has 0 aliphatic heterocycles. The molecule has 1 heterocycles. The number of rotatable bonds is 5. The summed E-state index contributed by atoms with van der Waals surface area (Å²) in [5, 5.41) is 5.85. The first kappa shape index (κ1) is 16.0. The van der Waals surface area contributed by atoms with E-state index < -0.39 is 6.04 Å². The number of hydrogen-bond acceptors (Lipinski definition) is 3. The topological polar surface area (TPSA) is 71.1 Å². The molecule has 2 amide bonds. The van der Waals surface area contributed by atoms with Crippen LogP contribution >= 0.6 is 11.6 Å². The van der Waals surface area contributed by atoms with Crippen molar-refractivity contribution in [1.82, 2.24) is 15.6 Å². The van der Waals surface area contributed by atoms with Crippen molar-refractivity contribution in [3.8, 4) is 0 Å². The van der Waals surface area contributed by atoms with Crippen LogP contribution in [0.25, 0.3) is 0 Å². The fourth-order valence-corrected chi connectivity index (χ4v) is 2.01. The van der Waals surface area contributed by atoms with Crippen LogP contribution in [0.3, 0.4) is 0 Å². The van der Waals surface area contributed by atoms with Crippen molar-refractivity contribution in [2.24, 2.45) is 0 Å². The zero-order chi connectivity index (χ0) is 15.9. The summed E-state index contributed by atoms with van der Waals surface area (Å²) in [4.78, 5) is 28.0. The number of benzene rings is 1. The quantitative estimate of drug-likeness (QED) is 0.888. The van der Waals surface area contributed by atoms with E-state index in [0.717, 1.165) is 5.56 Å². The molecule has 22 heavy (non-hydrogen) atoms. The normalized spacial score (nSPS) is 11.5. The summed E-state index contributed by atoms with van der Waals surface area (Å²) in [6, 6.07) is 9.57. The molecular weight excluding hydrogens is 302 g/mol. The Bertz CT molecular complexity index is 661. The van der Waals surface area contributed by atoms with Gasteiger partial charge in [0.2, 0.25) is 5.91 Å². The molecule has 2 N–H and O–H groups in total. The second-order valence-electron chi connectivity index (χ2n) is 4.78. The zero-order valence-corrected chi connectivity index (χ0v) is 12.8. The van der Waals surface area contributed by atoms with Gasteiger partial charge in [0.25, 0.3) is 5.91 Å². The summed E-state index contributed by atoms with van der Waals surface area (Å²) < 4.78 is 0. The Balaban J connectivity index is 1.87. The minimum Gasteiger partial charge on any atom is -0.350 e. The number of pyridine rings is 1. The molecule has 0 bridgehead atoms. The molecule has 0 saturated heterocycles. The number of carbonyl (C=O) groups is 2. The van der Waals surface area contributed by atoms with Gasteiger partial charge in [0, 0.05) is 29.5 Å². The number of nitrogens with zero attached hydrogens (tertiary/aromatic N) is 1. The van der Waals surface area contributed by atoms with Crippen LogP contribution in [0.5, 0.6) is 0 Å². The molecule has 0 aliphatic carbocycles. The minimum absolute atomic E-state index is 0.265. The van der Waals surface area contributed by atoms with Crippen LogP contribution in [0.15, 0.2) is 48.8 Å². The van der Waals surface area contributed by atoms with Crippen molar-refractivity contribution in [1.29, 1.82) is 0 Å². The van der Waals surface area contributed by atoms with E-state index >= 15 is 0 Å². The Morgan fingerprint density at radius 3 is 2.77 bits per heavy atom. The minimum atomic E-state index is -0.650. The fourth-order valence-electron chi connectivity index (χ4n) is 1.82. The maximum Gasteiger partial charge on any atom is 0.251 e. The average molecular weight is 318 g/mol. The Kier molecular flexibility index (Phi) is 5.49. The van der Waals surface area contributed by atoms with E-state index in [0.29, 0.717) is 17.1 Å². The van der Waals surface area contributed by atoms with E-state index in [1.807, 2.05) is 6.07 Å². The first-order valence-electron chi connectivity index (χ1n) is 6.79. The highest BCUT2D eigenvalue weighted by Crippen LogP contribution is 2.10. The van der Waals surface area contributed by atoms with Crippen LogP contribution in [0, 0.1) is 0 Å². The molecule has 0 unspecified atom stereocenters. The van der Waals surface area contributed by atoms with Gasteiger partial charge in [-0.05, 0) is 36.8 Å². The maximum atomic E-state index is 12.0. The predicted molar refractivity (Wildman–Crippen MR) is 84.5 cm³/mol. The van der Waals surface area contributed by atoms with Gasteiger partial charge in [0.05, 0.1) is 0 Å². The molecule has 1 aromatic carbocycles. The van der Waals surface area contributed by atoms with Gasteiger partial charge in [-0.1, -0.05) is 23.7 Å². The third kappa shape index (κ3) is 4.56. The summed E-state index contributed by atoms with van der Waals surface area (Å²) in [7, 11) is 0. The fraction of sp³-hybridized carbons (Fsp3) is 0.188. The Morgan fingerprint density at radius 2 is 2.09 bits per heavy atom. The van der Waals surface area contributed by atoms with Crippen molar-refractivity contribution >= 4 is 23.4 Å². The van der Waals surface area contributed by atoms with Gasteiger partial charge in [0.1, 0.15) is 6.04 Å². The molecule has 0 radical (unpaired) electrons. The van der Waals surface area contributed by atoms with Crippen LogP contribution in [-0.4, -0.2) is 22.8 Å². The number of carbonyl (C=O) groups excluding carboxylic acids is 2. The molecule has 0 fully saturated rings. The molecular formula is C16H16ClN3O2. The summed E-state index contributed by atoms with van der Waals surface area (Å²) in [5.41, 5.74) is 1.31. The van der Waals surface area contributed by atoms with Gasteiger partial charge in [-0.3, -0.25) is 14.6 Å². The molecule has 1 aromatic heterocycles. The molecule has 5 nitrogen and oxygen atoms in total. The van der Waals surface area contributed by atoms with Crippen LogP contribution in [-0.2, 0) is 11.3 Å². The lowest BCUT2D eigenvalue weighted by Gasteiger charge is -2.14. The molecule has 6 heteroatoms. The van der Waals surface area contributed by atoms with E-state index in [-0.39, 0.29) is 11.8 Å². The molecule has 0 aliphatic rings. The van der Waals surface area contributed by atoms with Crippen molar-refractivity contribution in [2.75, 3.05) is 0 Å². The van der Waals surface area contributed by atoms with E-state index in [2.05, 4.69) is 15.6 Å². The van der Waals surface area contributed by atoms with Gasteiger partial charge in [-0.2, -0.15) is 0 Å². The van der Waals surface area contributed by atoms with E-state index in [1.165, 1.54) is 0 Å². The Labute approximate surface area is 133 Å². The van der Waals surface area contributed by atoms with Gasteiger partial charge >= 0.3 is 0 Å². The van der Waals surface area contributed by atoms with Crippen LogP contribution in [0.4, 0.5) is 0 Å². The standard InChI is InChI=1S/C16H16ClN3O2/c1-11(15(21)19-10-12-4-3-7-18-9-12)20-16(22)13-5-2-6-14(17)8-13/h2-9,11H,10H2,1H3,(H,19,21)(H,20,22)/t11-/m1/s1. The predicted octanol–water partition coefficient (Wildman–Crippen LogP) is 2.17. The highest BCUT2D eigenvalue weighted by Gasteiger charge is 2.16. The average Bonchev–Trinajstić information content (AvgIpc) is 2.53. The highest BCUT2D eigenvalue weighted by molar-refractivity contribution is 6.31. The van der Waals surface area contributed by atoms with E-state index in [1.54, 1.807) is 49.6 Å². The van der Waals surface area contributed by atoms with Gasteiger partial charge in [0.15, 0.2) is 0 Å². The van der Waals surface area contributed by atoms with Crippen molar-refractivity contribution in [2.45, 2.75) is 19.5 Å². The number of amides is 2. The van der Waals surface area contributed by atoms with Crippen molar-refractivity contribution in [3.63, 3.8) is 0 Å². The first-order chi connectivity index (χ1) is 10.6. The Morgan fingerprint density at radius 1 is 1.27 bits per heavy atom. The van der Waals surface area contributed by atoms with Crippen LogP contribution in [0.1, 0.15) is 22.8 Å². The third-order valence-corrected chi connectivity index (χ3v) is 3.25. The number of halogens is 1. The molecule has 2 rings (SSSR count). The molecule has 1 atom stereocenters. The van der Waals surface area contributed by atoms with Crippen LogP contribution < -0.4 is 10.6 Å². The number of hydrogen-bond donors (Lipinski definition) is 2. The number of aromatic nitrogens is 1. The highest BCUT2D eigenvalue weighted by atomic mass is 35.5. The summed E-state index contributed by atoms with van der Waals surface area (Å²) in [5.74, 6) is -0.606. The smallest absolute Gasteiger partial charge is 0.251 e. The summed E-state index contributed by atoms with van der Waals surface area (Å²) >= 11 is 5.84. The second-order valence-corrected chi connectivity index (χ2v) is 5.22.